The number of carbonyl (C=O) groups excluding carboxylic acids is 1. The quantitative estimate of drug-likeness (QED) is 0.838. The number of likely N-dealkylation sites (tertiary alicyclic amines) is 1. The van der Waals surface area contributed by atoms with Gasteiger partial charge < -0.3 is 9.80 Å². The monoisotopic (exact) mass is 348 g/mol. The largest absolute Gasteiger partial charge is 0.335 e. The summed E-state index contributed by atoms with van der Waals surface area (Å²) in [7, 11) is 4.17. The lowest BCUT2D eigenvalue weighted by Gasteiger charge is -2.23. The molecule has 0 spiro atoms. The molecule has 0 aromatic carbocycles. The van der Waals surface area contributed by atoms with E-state index in [1.54, 1.807) is 0 Å². The zero-order chi connectivity index (χ0) is 13.3. The number of thiophene rings is 1. The second-order valence-electron chi connectivity index (χ2n) is 4.61. The lowest BCUT2D eigenvalue weighted by atomic mass is 10.2. The predicted octanol–water partition coefficient (Wildman–Crippen LogP) is 2.63. The van der Waals surface area contributed by atoms with E-state index in [0.29, 0.717) is 11.3 Å². The van der Waals surface area contributed by atoms with Crippen molar-refractivity contribution in [2.75, 3.05) is 33.4 Å². The minimum Gasteiger partial charge on any atom is -0.335 e. The van der Waals surface area contributed by atoms with Gasteiger partial charge in [-0.2, -0.15) is 11.8 Å². The molecule has 0 aliphatic carbocycles. The molecule has 1 saturated heterocycles. The Kier molecular flexibility index (Phi) is 4.75. The Labute approximate surface area is 125 Å². The first-order valence-electron chi connectivity index (χ1n) is 5.76. The molecule has 1 aliphatic rings. The number of hydrogen-bond acceptors (Lipinski definition) is 4. The summed E-state index contributed by atoms with van der Waals surface area (Å²) in [6.45, 7) is 1.66. The van der Waals surface area contributed by atoms with Crippen LogP contribution in [0.1, 0.15) is 9.67 Å². The van der Waals surface area contributed by atoms with E-state index in [-0.39, 0.29) is 5.91 Å². The van der Waals surface area contributed by atoms with Crippen LogP contribution < -0.4 is 0 Å². The highest BCUT2D eigenvalue weighted by Gasteiger charge is 2.36. The molecule has 2 atom stereocenters. The SMILES string of the molecule is CSC1CN(C(=O)c2sccc2Br)CC1N(C)C. The molecule has 0 radical (unpaired) electrons. The van der Waals surface area contributed by atoms with Gasteiger partial charge in [-0.1, -0.05) is 0 Å². The van der Waals surface area contributed by atoms with E-state index in [9.17, 15) is 4.79 Å². The van der Waals surface area contributed by atoms with Gasteiger partial charge in [-0.15, -0.1) is 11.3 Å². The number of hydrogen-bond donors (Lipinski definition) is 0. The summed E-state index contributed by atoms with van der Waals surface area (Å²) in [6, 6.07) is 2.38. The fraction of sp³-hybridized carbons (Fsp3) is 0.583. The van der Waals surface area contributed by atoms with Crippen LogP contribution in [0, 0.1) is 0 Å². The van der Waals surface area contributed by atoms with Gasteiger partial charge in [0.25, 0.3) is 5.91 Å². The highest BCUT2D eigenvalue weighted by molar-refractivity contribution is 9.10. The molecule has 0 bridgehead atoms. The fourth-order valence-corrected chi connectivity index (χ4v) is 4.72. The van der Waals surface area contributed by atoms with Crippen LogP contribution in [0.4, 0.5) is 0 Å². The summed E-state index contributed by atoms with van der Waals surface area (Å²) in [6.07, 6.45) is 2.12. The highest BCUT2D eigenvalue weighted by Crippen LogP contribution is 2.29. The van der Waals surface area contributed by atoms with Crippen molar-refractivity contribution in [2.24, 2.45) is 0 Å². The summed E-state index contributed by atoms with van der Waals surface area (Å²) in [5.41, 5.74) is 0. The molecule has 2 unspecified atom stereocenters. The number of rotatable bonds is 3. The van der Waals surface area contributed by atoms with Crippen molar-refractivity contribution in [3.63, 3.8) is 0 Å². The van der Waals surface area contributed by atoms with Crippen molar-refractivity contribution in [1.82, 2.24) is 9.80 Å². The van der Waals surface area contributed by atoms with Crippen LogP contribution in [0.5, 0.6) is 0 Å². The molecular formula is C12H17BrN2OS2. The van der Waals surface area contributed by atoms with Crippen LogP contribution >= 0.6 is 39.0 Å². The van der Waals surface area contributed by atoms with E-state index in [1.807, 2.05) is 28.1 Å². The van der Waals surface area contributed by atoms with Crippen molar-refractivity contribution >= 4 is 44.9 Å². The molecule has 0 N–H and O–H groups in total. The zero-order valence-corrected chi connectivity index (χ0v) is 13.9. The number of halogens is 1. The number of carbonyl (C=O) groups is 1. The van der Waals surface area contributed by atoms with Crippen molar-refractivity contribution in [3.8, 4) is 0 Å². The second-order valence-corrected chi connectivity index (χ2v) is 7.46. The number of thioether (sulfide) groups is 1. The molecule has 6 heteroatoms. The Morgan fingerprint density at radius 2 is 2.28 bits per heavy atom. The third kappa shape index (κ3) is 2.76. The smallest absolute Gasteiger partial charge is 0.265 e. The summed E-state index contributed by atoms with van der Waals surface area (Å²) >= 11 is 6.79. The maximum atomic E-state index is 12.4. The van der Waals surface area contributed by atoms with E-state index in [2.05, 4.69) is 41.2 Å². The maximum absolute atomic E-state index is 12.4. The van der Waals surface area contributed by atoms with Gasteiger partial charge in [-0.3, -0.25) is 4.79 Å². The minimum absolute atomic E-state index is 0.153. The normalized spacial score (nSPS) is 23.9. The third-order valence-electron chi connectivity index (χ3n) is 3.30. The van der Waals surface area contributed by atoms with E-state index < -0.39 is 0 Å². The molecule has 2 heterocycles. The van der Waals surface area contributed by atoms with Crippen molar-refractivity contribution in [1.29, 1.82) is 0 Å². The van der Waals surface area contributed by atoms with E-state index in [0.717, 1.165) is 22.4 Å². The Morgan fingerprint density at radius 1 is 1.56 bits per heavy atom. The van der Waals surface area contributed by atoms with Crippen LogP contribution in [-0.4, -0.2) is 60.4 Å². The molecule has 0 saturated carbocycles. The predicted molar refractivity (Wildman–Crippen MR) is 82.7 cm³/mol. The van der Waals surface area contributed by atoms with Crippen LogP contribution in [0.15, 0.2) is 15.9 Å². The maximum Gasteiger partial charge on any atom is 0.265 e. The minimum atomic E-state index is 0.153. The Bertz CT molecular complexity index is 435. The number of amides is 1. The Morgan fingerprint density at radius 3 is 2.72 bits per heavy atom. The topological polar surface area (TPSA) is 23.6 Å². The lowest BCUT2D eigenvalue weighted by molar-refractivity contribution is 0.0787. The number of nitrogens with zero attached hydrogens (tertiary/aromatic N) is 2. The summed E-state index contributed by atoms with van der Waals surface area (Å²) in [4.78, 5) is 17.4. The van der Waals surface area contributed by atoms with Gasteiger partial charge >= 0.3 is 0 Å². The molecule has 3 nitrogen and oxygen atoms in total. The molecule has 18 heavy (non-hydrogen) atoms. The van der Waals surface area contributed by atoms with Gasteiger partial charge in [-0.05, 0) is 47.7 Å². The van der Waals surface area contributed by atoms with Gasteiger partial charge in [0.05, 0.1) is 0 Å². The van der Waals surface area contributed by atoms with Crippen LogP contribution in [-0.2, 0) is 0 Å². The van der Waals surface area contributed by atoms with Crippen LogP contribution in [0.3, 0.4) is 0 Å². The molecule has 2 rings (SSSR count). The molecule has 100 valence electrons. The molecule has 1 amide bonds. The van der Waals surface area contributed by atoms with Gasteiger partial charge in [0.1, 0.15) is 4.88 Å². The molecule has 1 aromatic rings. The first-order chi connectivity index (χ1) is 8.54. The van der Waals surface area contributed by atoms with Gasteiger partial charge in [-0.25, -0.2) is 0 Å². The average molecular weight is 349 g/mol. The zero-order valence-electron chi connectivity index (χ0n) is 10.7. The van der Waals surface area contributed by atoms with E-state index >= 15 is 0 Å². The fourth-order valence-electron chi connectivity index (χ4n) is 2.24. The summed E-state index contributed by atoms with van der Waals surface area (Å²) < 4.78 is 0.909. The third-order valence-corrected chi connectivity index (χ3v) is 6.20. The Hall–Kier alpha value is -0.0400. The highest BCUT2D eigenvalue weighted by atomic mass is 79.9. The van der Waals surface area contributed by atoms with E-state index in [1.165, 1.54) is 11.3 Å². The van der Waals surface area contributed by atoms with Crippen LogP contribution in [0.2, 0.25) is 0 Å². The molecule has 1 fully saturated rings. The van der Waals surface area contributed by atoms with Gasteiger partial charge in [0, 0.05) is 28.9 Å². The standard InChI is InChI=1S/C12H17BrN2OS2/c1-14(2)9-6-15(7-10(9)17-3)12(16)11-8(13)4-5-18-11/h4-5,9-10H,6-7H2,1-3H3. The molecule has 1 aromatic heterocycles. The van der Waals surface area contributed by atoms with Gasteiger partial charge in [0.2, 0.25) is 0 Å². The summed E-state index contributed by atoms with van der Waals surface area (Å²) in [5, 5.41) is 2.45. The first-order valence-corrected chi connectivity index (χ1v) is 8.72. The van der Waals surface area contributed by atoms with Gasteiger partial charge in [0.15, 0.2) is 0 Å². The van der Waals surface area contributed by atoms with E-state index in [4.69, 9.17) is 0 Å². The molecule has 1 aliphatic heterocycles. The van der Waals surface area contributed by atoms with Crippen molar-refractivity contribution in [2.45, 2.75) is 11.3 Å². The Balaban J connectivity index is 2.12. The lowest BCUT2D eigenvalue weighted by Crippen LogP contribution is -2.37. The summed E-state index contributed by atoms with van der Waals surface area (Å²) in [5.74, 6) is 0.153. The van der Waals surface area contributed by atoms with Crippen LogP contribution in [0.25, 0.3) is 0 Å². The first kappa shape index (κ1) is 14.4. The molecular weight excluding hydrogens is 332 g/mol. The second kappa shape index (κ2) is 5.94. The van der Waals surface area contributed by atoms with Crippen molar-refractivity contribution < 1.29 is 4.79 Å². The average Bonchev–Trinajstić information content (AvgIpc) is 2.93. The van der Waals surface area contributed by atoms with Crippen molar-refractivity contribution in [3.05, 3.63) is 20.8 Å². The number of likely N-dealkylation sites (N-methyl/N-ethyl adjacent to an activating group) is 1.